The van der Waals surface area contributed by atoms with E-state index in [0.29, 0.717) is 0 Å². The first-order valence-corrected chi connectivity index (χ1v) is 3.35. The Bertz CT molecular complexity index is 71.1. The van der Waals surface area contributed by atoms with Crippen LogP contribution in [0.3, 0.4) is 0 Å². The molecule has 1 radical (unpaired) electrons. The Hall–Kier alpha value is 0.0795. The molecule has 0 saturated heterocycles. The van der Waals surface area contributed by atoms with Crippen LogP contribution in [0.15, 0.2) is 0 Å². The second-order valence-corrected chi connectivity index (χ2v) is 2.01. The molecule has 0 spiro atoms. The van der Waals surface area contributed by atoms with Crippen molar-refractivity contribution in [3.05, 3.63) is 0 Å². The number of hydrogen-bond donors (Lipinski definition) is 0. The molecule has 0 heterocycles. The van der Waals surface area contributed by atoms with E-state index >= 15 is 0 Å². The molecule has 9 heavy (non-hydrogen) atoms. The van der Waals surface area contributed by atoms with Gasteiger partial charge < -0.3 is 0 Å². The quantitative estimate of drug-likeness (QED) is 0.341. The van der Waals surface area contributed by atoms with Crippen molar-refractivity contribution in [2.45, 2.75) is 39.0 Å². The van der Waals surface area contributed by atoms with Gasteiger partial charge in [0.05, 0.1) is 0 Å². The van der Waals surface area contributed by atoms with Crippen molar-refractivity contribution < 1.29 is 17.1 Å². The molecule has 0 rings (SSSR count). The molecule has 1 heteroatoms. The molecule has 0 saturated carbocycles. The van der Waals surface area contributed by atoms with Crippen molar-refractivity contribution in [3.63, 3.8) is 0 Å². The van der Waals surface area contributed by atoms with Crippen LogP contribution < -0.4 is 0 Å². The molecule has 0 unspecified atom stereocenters. The van der Waals surface area contributed by atoms with Gasteiger partial charge in [-0.2, -0.15) is 0 Å². The molecule has 0 aliphatic carbocycles. The standard InChI is InChI=1S/C8H14.Mn/c1-3-5-7-8-6-4-2;/h1H,4-8H2,2H3;. The summed E-state index contributed by atoms with van der Waals surface area (Å²) in [6, 6.07) is 0. The SMILES string of the molecule is C#CCCCCCC.[Mn]. The maximum atomic E-state index is 5.06. The van der Waals surface area contributed by atoms with Gasteiger partial charge in [-0.05, 0) is 6.42 Å². The predicted molar refractivity (Wildman–Crippen MR) is 37.6 cm³/mol. The number of rotatable bonds is 4. The van der Waals surface area contributed by atoms with E-state index in [1.165, 1.54) is 25.7 Å². The van der Waals surface area contributed by atoms with E-state index in [9.17, 15) is 0 Å². The summed E-state index contributed by atoms with van der Waals surface area (Å²) in [5, 5.41) is 0. The summed E-state index contributed by atoms with van der Waals surface area (Å²) < 4.78 is 0. The third-order valence-corrected chi connectivity index (χ3v) is 1.17. The second-order valence-electron chi connectivity index (χ2n) is 2.01. The number of hydrogen-bond acceptors (Lipinski definition) is 0. The van der Waals surface area contributed by atoms with E-state index in [0.717, 1.165) is 6.42 Å². The van der Waals surface area contributed by atoms with E-state index < -0.39 is 0 Å². The molecule has 0 aliphatic heterocycles. The summed E-state index contributed by atoms with van der Waals surface area (Å²) in [7, 11) is 0. The monoisotopic (exact) mass is 165 g/mol. The third-order valence-electron chi connectivity index (χ3n) is 1.17. The van der Waals surface area contributed by atoms with Crippen LogP contribution in [0.5, 0.6) is 0 Å². The molecule has 0 amide bonds. The molecule has 0 aromatic carbocycles. The van der Waals surface area contributed by atoms with E-state index in [1.807, 2.05) is 0 Å². The van der Waals surface area contributed by atoms with Gasteiger partial charge in [-0.3, -0.25) is 0 Å². The summed E-state index contributed by atoms with van der Waals surface area (Å²) in [5.41, 5.74) is 0. The van der Waals surface area contributed by atoms with E-state index in [4.69, 9.17) is 6.42 Å². The van der Waals surface area contributed by atoms with Gasteiger partial charge in [0, 0.05) is 23.5 Å². The first-order valence-electron chi connectivity index (χ1n) is 3.35. The van der Waals surface area contributed by atoms with Crippen molar-refractivity contribution >= 4 is 0 Å². The van der Waals surface area contributed by atoms with E-state index in [1.54, 1.807) is 0 Å². The first-order chi connectivity index (χ1) is 3.91. The first kappa shape index (κ1) is 11.8. The van der Waals surface area contributed by atoms with Gasteiger partial charge in [0.1, 0.15) is 0 Å². The molecule has 0 aromatic heterocycles. The van der Waals surface area contributed by atoms with Crippen molar-refractivity contribution in [2.75, 3.05) is 0 Å². The molecular weight excluding hydrogens is 151 g/mol. The summed E-state index contributed by atoms with van der Waals surface area (Å²) >= 11 is 0. The summed E-state index contributed by atoms with van der Waals surface area (Å²) in [4.78, 5) is 0. The van der Waals surface area contributed by atoms with Crippen LogP contribution in [0.25, 0.3) is 0 Å². The second kappa shape index (κ2) is 11.0. The molecule has 0 fully saturated rings. The molecule has 0 atom stereocenters. The minimum absolute atomic E-state index is 0. The van der Waals surface area contributed by atoms with Gasteiger partial charge in [0.2, 0.25) is 0 Å². The zero-order valence-electron chi connectivity index (χ0n) is 5.99. The van der Waals surface area contributed by atoms with Gasteiger partial charge in [-0.25, -0.2) is 0 Å². The Morgan fingerprint density at radius 3 is 2.33 bits per heavy atom. The smallest absolute Gasteiger partial charge is 0.00860 e. The Labute approximate surface area is 68.9 Å². The van der Waals surface area contributed by atoms with Gasteiger partial charge in [0.15, 0.2) is 0 Å². The Kier molecular flexibility index (Phi) is 14.4. The van der Waals surface area contributed by atoms with E-state index in [-0.39, 0.29) is 17.1 Å². The maximum Gasteiger partial charge on any atom is 0.00860 e. The van der Waals surface area contributed by atoms with Crippen molar-refractivity contribution in [2.24, 2.45) is 0 Å². The van der Waals surface area contributed by atoms with Crippen molar-refractivity contribution in [1.29, 1.82) is 0 Å². The van der Waals surface area contributed by atoms with Gasteiger partial charge in [0.25, 0.3) is 0 Å². The summed E-state index contributed by atoms with van der Waals surface area (Å²) in [6.45, 7) is 2.20. The minimum atomic E-state index is 0. The Morgan fingerprint density at radius 2 is 1.89 bits per heavy atom. The molecule has 0 nitrogen and oxygen atoms in total. The third kappa shape index (κ3) is 11.6. The molecular formula is C8H14Mn. The van der Waals surface area contributed by atoms with E-state index in [2.05, 4.69) is 12.8 Å². The van der Waals surface area contributed by atoms with Crippen LogP contribution in [-0.4, -0.2) is 0 Å². The molecule has 0 bridgehead atoms. The predicted octanol–water partition coefficient (Wildman–Crippen LogP) is 2.59. The van der Waals surface area contributed by atoms with Crippen molar-refractivity contribution in [3.8, 4) is 12.3 Å². The number of unbranched alkanes of at least 4 members (excludes halogenated alkanes) is 4. The van der Waals surface area contributed by atoms with Crippen LogP contribution >= 0.6 is 0 Å². The normalized spacial score (nSPS) is 7.56. The summed E-state index contributed by atoms with van der Waals surface area (Å²) in [6.07, 6.45) is 11.2. The number of terminal acetylenes is 1. The van der Waals surface area contributed by atoms with Crippen LogP contribution in [-0.2, 0) is 17.1 Å². The zero-order chi connectivity index (χ0) is 6.24. The maximum absolute atomic E-state index is 5.06. The van der Waals surface area contributed by atoms with Gasteiger partial charge in [-0.1, -0.05) is 26.2 Å². The Balaban J connectivity index is 0. The minimum Gasteiger partial charge on any atom is -0.120 e. The average molecular weight is 165 g/mol. The topological polar surface area (TPSA) is 0 Å². The van der Waals surface area contributed by atoms with Crippen LogP contribution in [0, 0.1) is 12.3 Å². The fraction of sp³-hybridized carbons (Fsp3) is 0.750. The van der Waals surface area contributed by atoms with Crippen LogP contribution in [0.2, 0.25) is 0 Å². The summed E-state index contributed by atoms with van der Waals surface area (Å²) in [5.74, 6) is 2.63. The average Bonchev–Trinajstić information content (AvgIpc) is 1.81. The Morgan fingerprint density at radius 1 is 1.22 bits per heavy atom. The largest absolute Gasteiger partial charge is 0.120 e. The van der Waals surface area contributed by atoms with Gasteiger partial charge >= 0.3 is 0 Å². The van der Waals surface area contributed by atoms with Gasteiger partial charge in [-0.15, -0.1) is 12.3 Å². The fourth-order valence-electron chi connectivity index (χ4n) is 0.654. The zero-order valence-corrected chi connectivity index (χ0v) is 7.17. The molecule has 0 N–H and O–H groups in total. The molecule has 53 valence electrons. The van der Waals surface area contributed by atoms with Crippen molar-refractivity contribution in [1.82, 2.24) is 0 Å². The molecule has 0 aromatic rings. The fourth-order valence-corrected chi connectivity index (χ4v) is 0.654. The van der Waals surface area contributed by atoms with Crippen LogP contribution in [0.4, 0.5) is 0 Å². The molecule has 0 aliphatic rings. The van der Waals surface area contributed by atoms with Crippen LogP contribution in [0.1, 0.15) is 39.0 Å².